The van der Waals surface area contributed by atoms with E-state index in [1.165, 1.54) is 35.6 Å². The molecule has 0 heterocycles. The molecule has 0 bridgehead atoms. The molecule has 0 aliphatic rings. The SMILES string of the molecule is CCCC[CH-]CCCC#N.[Zn+][Br]. The fourth-order valence-electron chi connectivity index (χ4n) is 0.818. The minimum absolute atomic E-state index is 0.711. The van der Waals surface area contributed by atoms with Gasteiger partial charge in [0.15, 0.2) is 0 Å². The first kappa shape index (κ1) is 15.1. The van der Waals surface area contributed by atoms with E-state index in [1.807, 2.05) is 0 Å². The van der Waals surface area contributed by atoms with Gasteiger partial charge >= 0.3 is 30.0 Å². The zero-order valence-corrected chi connectivity index (χ0v) is 12.4. The van der Waals surface area contributed by atoms with E-state index in [0.29, 0.717) is 6.42 Å². The zero-order valence-electron chi connectivity index (χ0n) is 7.85. The van der Waals surface area contributed by atoms with Crippen molar-refractivity contribution in [1.29, 1.82) is 5.26 Å². The van der Waals surface area contributed by atoms with Crippen LogP contribution in [0, 0.1) is 17.8 Å². The van der Waals surface area contributed by atoms with E-state index in [4.69, 9.17) is 5.26 Å². The molecule has 0 radical (unpaired) electrons. The van der Waals surface area contributed by atoms with Gasteiger partial charge in [-0.05, 0) is 0 Å². The van der Waals surface area contributed by atoms with Crippen LogP contribution >= 0.6 is 13.6 Å². The average Bonchev–Trinajstić information content (AvgIpc) is 2.15. The molecule has 0 atom stereocenters. The van der Waals surface area contributed by atoms with Gasteiger partial charge in [-0.25, -0.2) is 0 Å². The van der Waals surface area contributed by atoms with Crippen LogP contribution in [0.5, 0.6) is 0 Å². The number of rotatable bonds is 6. The van der Waals surface area contributed by atoms with Crippen molar-refractivity contribution in [1.82, 2.24) is 0 Å². The third kappa shape index (κ3) is 16.9. The Morgan fingerprint density at radius 3 is 2.42 bits per heavy atom. The Bertz CT molecular complexity index is 101. The number of hydrogen-bond donors (Lipinski definition) is 0. The van der Waals surface area contributed by atoms with Gasteiger partial charge in [-0.3, -0.25) is 0 Å². The molecule has 0 N–H and O–H groups in total. The topological polar surface area (TPSA) is 23.8 Å². The molecule has 0 saturated heterocycles. The molecule has 0 rings (SSSR count). The Balaban J connectivity index is 0. The van der Waals surface area contributed by atoms with Crippen LogP contribution in [0.2, 0.25) is 0 Å². The maximum absolute atomic E-state index is 8.21. The van der Waals surface area contributed by atoms with Crippen LogP contribution in [0.15, 0.2) is 0 Å². The number of unbranched alkanes of at least 4 members (excludes halogenated alkanes) is 6. The van der Waals surface area contributed by atoms with Crippen molar-refractivity contribution in [2.24, 2.45) is 0 Å². The molecule has 0 amide bonds. The predicted molar refractivity (Wildman–Crippen MR) is 52.2 cm³/mol. The molecular formula is C9H16BrNZn. The molecule has 66 valence electrons. The van der Waals surface area contributed by atoms with Crippen molar-refractivity contribution in [3.8, 4) is 6.07 Å². The van der Waals surface area contributed by atoms with Crippen molar-refractivity contribution in [3.05, 3.63) is 6.42 Å². The molecule has 0 unspecified atom stereocenters. The van der Waals surface area contributed by atoms with E-state index < -0.39 is 0 Å². The molecule has 0 saturated carbocycles. The van der Waals surface area contributed by atoms with Gasteiger partial charge in [0.05, 0.1) is 6.07 Å². The van der Waals surface area contributed by atoms with Gasteiger partial charge in [0.25, 0.3) is 0 Å². The van der Waals surface area contributed by atoms with Gasteiger partial charge in [-0.15, -0.1) is 0 Å². The van der Waals surface area contributed by atoms with Crippen LogP contribution in [0.25, 0.3) is 0 Å². The number of halogens is 1. The Hall–Kier alpha value is 0.593. The molecule has 1 nitrogen and oxygen atoms in total. The van der Waals surface area contributed by atoms with Crippen LogP contribution in [0.4, 0.5) is 0 Å². The van der Waals surface area contributed by atoms with Gasteiger partial charge in [0, 0.05) is 6.42 Å². The molecule has 0 aliphatic heterocycles. The first-order valence-electron chi connectivity index (χ1n) is 4.37. The molecule has 0 fully saturated rings. The van der Waals surface area contributed by atoms with Crippen LogP contribution < -0.4 is 0 Å². The van der Waals surface area contributed by atoms with Crippen molar-refractivity contribution < 1.29 is 16.3 Å². The summed E-state index contributed by atoms with van der Waals surface area (Å²) in [5.41, 5.74) is 0. The number of hydrogen-bond acceptors (Lipinski definition) is 1. The summed E-state index contributed by atoms with van der Waals surface area (Å²) in [5.74, 6) is 0. The number of nitriles is 1. The van der Waals surface area contributed by atoms with Gasteiger partial charge in [0.1, 0.15) is 0 Å². The van der Waals surface area contributed by atoms with Crippen molar-refractivity contribution in [2.75, 3.05) is 0 Å². The predicted octanol–water partition coefficient (Wildman–Crippen LogP) is 3.92. The van der Waals surface area contributed by atoms with E-state index >= 15 is 0 Å². The van der Waals surface area contributed by atoms with Crippen LogP contribution in [0.3, 0.4) is 0 Å². The van der Waals surface area contributed by atoms with E-state index in [-0.39, 0.29) is 0 Å². The van der Waals surface area contributed by atoms with E-state index in [0.717, 1.165) is 12.8 Å². The first-order chi connectivity index (χ1) is 5.91. The standard InChI is InChI=1S/C9H16N.BrH.Zn/c1-2-3-4-5-6-7-8-9-10;;/h5H,2-4,6-8H2,1H3;1H;/q-1;;+2/p-1. The van der Waals surface area contributed by atoms with E-state index in [9.17, 15) is 0 Å². The Labute approximate surface area is 93.0 Å². The van der Waals surface area contributed by atoms with Crippen molar-refractivity contribution in [3.63, 3.8) is 0 Å². The summed E-state index contributed by atoms with van der Waals surface area (Å²) in [6.07, 6.45) is 8.96. The third-order valence-electron chi connectivity index (χ3n) is 1.46. The molecule has 3 heteroatoms. The monoisotopic (exact) mass is 281 g/mol. The zero-order chi connectivity index (χ0) is 9.66. The molecule has 0 aromatic heterocycles. The number of nitrogens with zero attached hydrogens (tertiary/aromatic N) is 1. The van der Waals surface area contributed by atoms with E-state index in [1.54, 1.807) is 0 Å². The normalized spacial score (nSPS) is 8.25. The molecule has 0 spiro atoms. The Kier molecular flexibility index (Phi) is 22.1. The van der Waals surface area contributed by atoms with Gasteiger partial charge in [-0.2, -0.15) is 18.1 Å². The summed E-state index contributed by atoms with van der Waals surface area (Å²) in [6.45, 7) is 2.20. The Morgan fingerprint density at radius 2 is 1.92 bits per heavy atom. The summed E-state index contributed by atoms with van der Waals surface area (Å²) in [5, 5.41) is 8.21. The third-order valence-corrected chi connectivity index (χ3v) is 1.46. The summed E-state index contributed by atoms with van der Waals surface area (Å²) in [4.78, 5) is 0. The molecule has 12 heavy (non-hydrogen) atoms. The quantitative estimate of drug-likeness (QED) is 0.412. The second-order valence-electron chi connectivity index (χ2n) is 2.48. The van der Waals surface area contributed by atoms with Crippen molar-refractivity contribution >= 4 is 13.6 Å². The molecule has 0 aromatic carbocycles. The first-order valence-corrected chi connectivity index (χ1v) is 11.3. The van der Waals surface area contributed by atoms with E-state index in [2.05, 4.69) is 33.0 Å². The summed E-state index contributed by atoms with van der Waals surface area (Å²) in [7, 11) is 0. The summed E-state index contributed by atoms with van der Waals surface area (Å²) < 4.78 is 0. The molecule has 0 aromatic rings. The summed E-state index contributed by atoms with van der Waals surface area (Å²) in [6, 6.07) is 2.14. The van der Waals surface area contributed by atoms with Gasteiger partial charge < -0.3 is 6.42 Å². The van der Waals surface area contributed by atoms with Crippen molar-refractivity contribution in [2.45, 2.75) is 45.4 Å². The van der Waals surface area contributed by atoms with Gasteiger partial charge in [-0.1, -0.05) is 26.2 Å². The fraction of sp³-hybridized carbons (Fsp3) is 0.778. The fourth-order valence-corrected chi connectivity index (χ4v) is 0.818. The second kappa shape index (κ2) is 17.6. The second-order valence-corrected chi connectivity index (χ2v) is 2.48. The van der Waals surface area contributed by atoms with Gasteiger partial charge in [0.2, 0.25) is 0 Å². The van der Waals surface area contributed by atoms with Crippen LogP contribution in [-0.2, 0) is 16.3 Å². The Morgan fingerprint density at radius 1 is 1.33 bits per heavy atom. The van der Waals surface area contributed by atoms with Crippen LogP contribution in [-0.4, -0.2) is 0 Å². The molecular weight excluding hydrogens is 267 g/mol. The minimum atomic E-state index is 0.711. The average molecular weight is 284 g/mol. The molecule has 0 aliphatic carbocycles. The van der Waals surface area contributed by atoms with Crippen LogP contribution in [0.1, 0.15) is 45.4 Å². The maximum atomic E-state index is 8.21. The summed E-state index contributed by atoms with van der Waals surface area (Å²) >= 11 is 4.25.